The molecule has 0 saturated carbocycles. The van der Waals surface area contributed by atoms with E-state index < -0.39 is 5.54 Å². The molecule has 0 aliphatic carbocycles. The Morgan fingerprint density at radius 1 is 1.35 bits per heavy atom. The molecule has 0 bridgehead atoms. The zero-order chi connectivity index (χ0) is 16.9. The van der Waals surface area contributed by atoms with Crippen LogP contribution in [0.25, 0.3) is 0 Å². The molecule has 1 heterocycles. The Labute approximate surface area is 147 Å². The van der Waals surface area contributed by atoms with Gasteiger partial charge in [0.2, 0.25) is 5.91 Å². The summed E-state index contributed by atoms with van der Waals surface area (Å²) in [4.78, 5) is 14.9. The third-order valence-electron chi connectivity index (χ3n) is 4.91. The maximum Gasteiger partial charge on any atom is 0.244 e. The van der Waals surface area contributed by atoms with Crippen molar-refractivity contribution in [3.63, 3.8) is 0 Å². The van der Waals surface area contributed by atoms with Crippen LogP contribution in [0, 0.1) is 5.92 Å². The van der Waals surface area contributed by atoms with Gasteiger partial charge in [-0.3, -0.25) is 4.79 Å². The van der Waals surface area contributed by atoms with Crippen molar-refractivity contribution in [2.75, 3.05) is 26.2 Å². The fraction of sp³-hybridized carbons (Fsp3) is 0.611. The van der Waals surface area contributed by atoms with E-state index in [-0.39, 0.29) is 5.91 Å². The molecule has 2 rings (SSSR count). The topological polar surface area (TPSA) is 58.4 Å². The first kappa shape index (κ1) is 18.4. The Bertz CT molecular complexity index is 508. The lowest BCUT2D eigenvalue weighted by molar-refractivity contribution is -0.126. The molecule has 0 radical (unpaired) electrons. The molecule has 128 valence electrons. The first-order valence-electron chi connectivity index (χ1n) is 8.49. The molecule has 1 aliphatic rings. The average Bonchev–Trinajstić information content (AvgIpc) is 2.55. The molecule has 0 spiro atoms. The highest BCUT2D eigenvalue weighted by atomic mass is 79.9. The lowest BCUT2D eigenvalue weighted by Gasteiger charge is -2.31. The molecule has 5 heteroatoms. The third-order valence-corrected chi connectivity index (χ3v) is 5.44. The van der Waals surface area contributed by atoms with Gasteiger partial charge in [-0.05, 0) is 69.4 Å². The number of carbonyl (C=O) groups excluding carboxylic acids is 1. The van der Waals surface area contributed by atoms with E-state index in [4.69, 9.17) is 5.73 Å². The van der Waals surface area contributed by atoms with E-state index in [0.717, 1.165) is 28.9 Å². The molecule has 4 nitrogen and oxygen atoms in total. The van der Waals surface area contributed by atoms with Gasteiger partial charge < -0.3 is 16.0 Å². The minimum absolute atomic E-state index is 0.106. The van der Waals surface area contributed by atoms with E-state index in [1.165, 1.54) is 25.9 Å². The SMILES string of the molecule is CCN1CCC(CCNC(=O)C(C)(N)c2ccc(Br)cc2)CC1. The van der Waals surface area contributed by atoms with Gasteiger partial charge in [-0.1, -0.05) is 35.0 Å². The van der Waals surface area contributed by atoms with Crippen LogP contribution in [0.5, 0.6) is 0 Å². The van der Waals surface area contributed by atoms with Crippen LogP contribution in [-0.4, -0.2) is 37.0 Å². The summed E-state index contributed by atoms with van der Waals surface area (Å²) in [5, 5.41) is 3.02. The van der Waals surface area contributed by atoms with E-state index in [0.29, 0.717) is 6.54 Å². The molecular formula is C18H28BrN3O. The molecule has 1 aromatic rings. The van der Waals surface area contributed by atoms with Crippen LogP contribution in [0.2, 0.25) is 0 Å². The highest BCUT2D eigenvalue weighted by molar-refractivity contribution is 9.10. The predicted octanol–water partition coefficient (Wildman–Crippen LogP) is 2.86. The van der Waals surface area contributed by atoms with Gasteiger partial charge in [0.15, 0.2) is 0 Å². The molecule has 1 unspecified atom stereocenters. The van der Waals surface area contributed by atoms with Gasteiger partial charge in [-0.25, -0.2) is 0 Å². The summed E-state index contributed by atoms with van der Waals surface area (Å²) in [5.74, 6) is 0.612. The van der Waals surface area contributed by atoms with Crippen molar-refractivity contribution >= 4 is 21.8 Å². The number of halogens is 1. The number of piperidine rings is 1. The number of likely N-dealkylation sites (tertiary alicyclic amines) is 1. The van der Waals surface area contributed by atoms with E-state index in [2.05, 4.69) is 33.1 Å². The van der Waals surface area contributed by atoms with Crippen LogP contribution in [-0.2, 0) is 10.3 Å². The molecule has 23 heavy (non-hydrogen) atoms. The van der Waals surface area contributed by atoms with Crippen LogP contribution < -0.4 is 11.1 Å². The molecule has 1 atom stereocenters. The van der Waals surface area contributed by atoms with Crippen LogP contribution in [0.1, 0.15) is 38.7 Å². The second-order valence-electron chi connectivity index (χ2n) is 6.63. The smallest absolute Gasteiger partial charge is 0.244 e. The number of benzene rings is 1. The average molecular weight is 382 g/mol. The normalized spacial score (nSPS) is 19.3. The summed E-state index contributed by atoms with van der Waals surface area (Å²) < 4.78 is 0.982. The van der Waals surface area contributed by atoms with Gasteiger partial charge in [0, 0.05) is 11.0 Å². The van der Waals surface area contributed by atoms with Crippen molar-refractivity contribution in [3.05, 3.63) is 34.3 Å². The monoisotopic (exact) mass is 381 g/mol. The Kier molecular flexibility index (Phi) is 6.62. The summed E-state index contributed by atoms with van der Waals surface area (Å²) in [5.41, 5.74) is 6.09. The molecule has 1 aliphatic heterocycles. The molecule has 0 aromatic heterocycles. The zero-order valence-electron chi connectivity index (χ0n) is 14.1. The number of carbonyl (C=O) groups is 1. The van der Waals surface area contributed by atoms with E-state index in [9.17, 15) is 4.79 Å². The standard InChI is InChI=1S/C18H28BrN3O/c1-3-22-12-9-14(10-13-22)8-11-21-17(23)18(2,20)15-4-6-16(19)7-5-15/h4-7,14H,3,8-13,20H2,1-2H3,(H,21,23). The van der Waals surface area contributed by atoms with Crippen molar-refractivity contribution < 1.29 is 4.79 Å². The maximum atomic E-state index is 12.4. The van der Waals surface area contributed by atoms with Crippen molar-refractivity contribution in [1.82, 2.24) is 10.2 Å². The lowest BCUT2D eigenvalue weighted by atomic mass is 9.91. The van der Waals surface area contributed by atoms with Gasteiger partial charge in [0.1, 0.15) is 5.54 Å². The third kappa shape index (κ3) is 5.03. The van der Waals surface area contributed by atoms with Gasteiger partial charge in [-0.15, -0.1) is 0 Å². The molecular weight excluding hydrogens is 354 g/mol. The second kappa shape index (κ2) is 8.27. The number of rotatable bonds is 6. The second-order valence-corrected chi connectivity index (χ2v) is 7.55. The highest BCUT2D eigenvalue weighted by Crippen LogP contribution is 2.22. The van der Waals surface area contributed by atoms with Gasteiger partial charge >= 0.3 is 0 Å². The molecule has 1 amide bonds. The van der Waals surface area contributed by atoms with Crippen LogP contribution in [0.15, 0.2) is 28.7 Å². The number of nitrogens with two attached hydrogens (primary N) is 1. The zero-order valence-corrected chi connectivity index (χ0v) is 15.7. The van der Waals surface area contributed by atoms with Crippen LogP contribution >= 0.6 is 15.9 Å². The summed E-state index contributed by atoms with van der Waals surface area (Å²) in [6.45, 7) is 8.20. The first-order valence-corrected chi connectivity index (χ1v) is 9.28. The lowest BCUT2D eigenvalue weighted by Crippen LogP contribution is -2.49. The Hall–Kier alpha value is -0.910. The summed E-state index contributed by atoms with van der Waals surface area (Å²) in [7, 11) is 0. The molecule has 1 fully saturated rings. The van der Waals surface area contributed by atoms with Crippen molar-refractivity contribution in [3.8, 4) is 0 Å². The summed E-state index contributed by atoms with van der Waals surface area (Å²) in [6.07, 6.45) is 3.51. The number of nitrogens with zero attached hydrogens (tertiary/aromatic N) is 1. The minimum atomic E-state index is -0.994. The van der Waals surface area contributed by atoms with Crippen LogP contribution in [0.4, 0.5) is 0 Å². The number of nitrogens with one attached hydrogen (secondary N) is 1. The van der Waals surface area contributed by atoms with Crippen molar-refractivity contribution in [1.29, 1.82) is 0 Å². The predicted molar refractivity (Wildman–Crippen MR) is 98.1 cm³/mol. The fourth-order valence-electron chi connectivity index (χ4n) is 3.09. The van der Waals surface area contributed by atoms with Crippen molar-refractivity contribution in [2.24, 2.45) is 11.7 Å². The Morgan fingerprint density at radius 2 is 1.96 bits per heavy atom. The van der Waals surface area contributed by atoms with E-state index in [1.54, 1.807) is 6.92 Å². The largest absolute Gasteiger partial charge is 0.354 e. The van der Waals surface area contributed by atoms with E-state index >= 15 is 0 Å². The van der Waals surface area contributed by atoms with Gasteiger partial charge in [0.25, 0.3) is 0 Å². The summed E-state index contributed by atoms with van der Waals surface area (Å²) >= 11 is 3.40. The number of hydrogen-bond donors (Lipinski definition) is 2. The summed E-state index contributed by atoms with van der Waals surface area (Å²) in [6, 6.07) is 7.61. The quantitative estimate of drug-likeness (QED) is 0.796. The van der Waals surface area contributed by atoms with Gasteiger partial charge in [0.05, 0.1) is 0 Å². The Balaban J connectivity index is 1.79. The van der Waals surface area contributed by atoms with Crippen molar-refractivity contribution in [2.45, 2.75) is 38.6 Å². The fourth-order valence-corrected chi connectivity index (χ4v) is 3.36. The molecule has 3 N–H and O–H groups in total. The highest BCUT2D eigenvalue weighted by Gasteiger charge is 2.30. The van der Waals surface area contributed by atoms with Crippen LogP contribution in [0.3, 0.4) is 0 Å². The number of hydrogen-bond acceptors (Lipinski definition) is 3. The molecule has 1 aromatic carbocycles. The molecule has 1 saturated heterocycles. The maximum absolute atomic E-state index is 12.4. The number of amides is 1. The first-order chi connectivity index (χ1) is 10.9. The van der Waals surface area contributed by atoms with E-state index in [1.807, 2.05) is 24.3 Å². The Morgan fingerprint density at radius 3 is 2.52 bits per heavy atom. The minimum Gasteiger partial charge on any atom is -0.354 e. The van der Waals surface area contributed by atoms with Gasteiger partial charge in [-0.2, -0.15) is 0 Å².